The van der Waals surface area contributed by atoms with Crippen LogP contribution in [0.3, 0.4) is 0 Å². The molecular weight excluding hydrogens is 200 g/mol. The highest BCUT2D eigenvalue weighted by atomic mass is 16.2. The van der Waals surface area contributed by atoms with Gasteiger partial charge >= 0.3 is 0 Å². The molecule has 1 atom stereocenters. The van der Waals surface area contributed by atoms with Gasteiger partial charge in [-0.25, -0.2) is 0 Å². The third-order valence-electron chi connectivity index (χ3n) is 3.34. The number of amides is 1. The number of hydrogen-bond donors (Lipinski definition) is 1. The zero-order chi connectivity index (χ0) is 11.8. The Bertz CT molecular complexity index is 206. The van der Waals surface area contributed by atoms with E-state index in [0.29, 0.717) is 11.9 Å². The Balaban J connectivity index is 2.04. The largest absolute Gasteiger partial charge is 0.343 e. The molecular formula is C13H26N2O. The van der Waals surface area contributed by atoms with Crippen molar-refractivity contribution >= 4 is 5.91 Å². The summed E-state index contributed by atoms with van der Waals surface area (Å²) >= 11 is 0. The summed E-state index contributed by atoms with van der Waals surface area (Å²) in [6.45, 7) is 7.42. The smallest absolute Gasteiger partial charge is 0.222 e. The summed E-state index contributed by atoms with van der Waals surface area (Å²) in [4.78, 5) is 13.4. The summed E-state index contributed by atoms with van der Waals surface area (Å²) in [5.74, 6) is 0.348. The van der Waals surface area contributed by atoms with Crippen LogP contribution in [0.5, 0.6) is 0 Å². The van der Waals surface area contributed by atoms with Crippen molar-refractivity contribution in [3.05, 3.63) is 0 Å². The molecule has 1 aliphatic heterocycles. The van der Waals surface area contributed by atoms with Gasteiger partial charge in [0.05, 0.1) is 0 Å². The van der Waals surface area contributed by atoms with E-state index in [1.807, 2.05) is 4.90 Å². The van der Waals surface area contributed by atoms with Crippen molar-refractivity contribution < 1.29 is 4.79 Å². The highest BCUT2D eigenvalue weighted by molar-refractivity contribution is 5.77. The van der Waals surface area contributed by atoms with Crippen LogP contribution in [-0.2, 0) is 4.79 Å². The molecule has 1 aliphatic rings. The first-order chi connectivity index (χ1) is 7.77. The average Bonchev–Trinajstić information content (AvgIpc) is 2.69. The van der Waals surface area contributed by atoms with Gasteiger partial charge in [0.15, 0.2) is 0 Å². The summed E-state index contributed by atoms with van der Waals surface area (Å²) in [6, 6.07) is 0.666. The molecule has 0 radical (unpaired) electrons. The second-order valence-corrected chi connectivity index (χ2v) is 4.69. The third-order valence-corrected chi connectivity index (χ3v) is 3.34. The lowest BCUT2D eigenvalue weighted by Crippen LogP contribution is -2.32. The Hall–Kier alpha value is -0.570. The number of nitrogens with one attached hydrogen (secondary N) is 1. The highest BCUT2D eigenvalue weighted by Crippen LogP contribution is 2.09. The van der Waals surface area contributed by atoms with Crippen LogP contribution in [0, 0.1) is 0 Å². The first-order valence-electron chi connectivity index (χ1n) is 6.79. The van der Waals surface area contributed by atoms with Crippen LogP contribution < -0.4 is 5.32 Å². The van der Waals surface area contributed by atoms with Crippen molar-refractivity contribution in [2.45, 2.75) is 58.4 Å². The fourth-order valence-corrected chi connectivity index (χ4v) is 2.32. The van der Waals surface area contributed by atoms with Gasteiger partial charge in [-0.1, -0.05) is 20.3 Å². The Kier molecular flexibility index (Phi) is 6.46. The van der Waals surface area contributed by atoms with E-state index >= 15 is 0 Å². The summed E-state index contributed by atoms with van der Waals surface area (Å²) in [6.07, 6.45) is 6.62. The van der Waals surface area contributed by atoms with Gasteiger partial charge in [-0.15, -0.1) is 0 Å². The fraction of sp³-hybridized carbons (Fsp3) is 0.923. The molecule has 94 valence electrons. The molecule has 0 aromatic carbocycles. The van der Waals surface area contributed by atoms with Gasteiger partial charge in [0, 0.05) is 25.6 Å². The number of carbonyl (C=O) groups excluding carboxylic acids is 1. The van der Waals surface area contributed by atoms with Gasteiger partial charge in [-0.3, -0.25) is 4.79 Å². The van der Waals surface area contributed by atoms with Crippen LogP contribution in [0.4, 0.5) is 0 Å². The fourth-order valence-electron chi connectivity index (χ4n) is 2.32. The molecule has 3 heteroatoms. The molecule has 1 amide bonds. The minimum Gasteiger partial charge on any atom is -0.343 e. The topological polar surface area (TPSA) is 32.3 Å². The number of carbonyl (C=O) groups is 1. The summed E-state index contributed by atoms with van der Waals surface area (Å²) in [5, 5.41) is 3.57. The number of hydrogen-bond acceptors (Lipinski definition) is 2. The Labute approximate surface area is 99.6 Å². The summed E-state index contributed by atoms with van der Waals surface area (Å²) in [5.41, 5.74) is 0. The monoisotopic (exact) mass is 226 g/mol. The molecule has 0 aromatic heterocycles. The zero-order valence-corrected chi connectivity index (χ0v) is 10.8. The summed E-state index contributed by atoms with van der Waals surface area (Å²) < 4.78 is 0. The molecule has 1 saturated heterocycles. The van der Waals surface area contributed by atoms with Crippen LogP contribution in [0.15, 0.2) is 0 Å². The van der Waals surface area contributed by atoms with Crippen molar-refractivity contribution in [3.8, 4) is 0 Å². The van der Waals surface area contributed by atoms with Gasteiger partial charge in [0.25, 0.3) is 0 Å². The van der Waals surface area contributed by atoms with E-state index in [1.54, 1.807) is 0 Å². The molecule has 0 aliphatic carbocycles. The van der Waals surface area contributed by atoms with Crippen LogP contribution in [0.25, 0.3) is 0 Å². The van der Waals surface area contributed by atoms with Crippen LogP contribution >= 0.6 is 0 Å². The zero-order valence-electron chi connectivity index (χ0n) is 10.8. The minimum atomic E-state index is 0.348. The third kappa shape index (κ3) is 4.52. The maximum Gasteiger partial charge on any atom is 0.222 e. The Morgan fingerprint density at radius 3 is 2.81 bits per heavy atom. The van der Waals surface area contributed by atoms with Crippen LogP contribution in [0.2, 0.25) is 0 Å². The quantitative estimate of drug-likeness (QED) is 0.643. The van der Waals surface area contributed by atoms with Crippen molar-refractivity contribution in [1.29, 1.82) is 0 Å². The minimum absolute atomic E-state index is 0.348. The van der Waals surface area contributed by atoms with Crippen LogP contribution in [0.1, 0.15) is 52.4 Å². The Morgan fingerprint density at radius 1 is 1.44 bits per heavy atom. The molecule has 3 nitrogen and oxygen atoms in total. The molecule has 1 rings (SSSR count). The second kappa shape index (κ2) is 7.66. The van der Waals surface area contributed by atoms with Gasteiger partial charge in [0.2, 0.25) is 5.91 Å². The first kappa shape index (κ1) is 13.5. The van der Waals surface area contributed by atoms with Gasteiger partial charge in [-0.05, 0) is 32.2 Å². The molecule has 0 aromatic rings. The second-order valence-electron chi connectivity index (χ2n) is 4.69. The summed E-state index contributed by atoms with van der Waals surface area (Å²) in [7, 11) is 0. The van der Waals surface area contributed by atoms with Gasteiger partial charge in [-0.2, -0.15) is 0 Å². The van der Waals surface area contributed by atoms with E-state index in [0.717, 1.165) is 38.9 Å². The number of nitrogens with zero attached hydrogens (tertiary/aromatic N) is 1. The maximum atomic E-state index is 11.4. The van der Waals surface area contributed by atoms with E-state index in [1.165, 1.54) is 19.3 Å². The van der Waals surface area contributed by atoms with Gasteiger partial charge in [0.1, 0.15) is 0 Å². The highest BCUT2D eigenvalue weighted by Gasteiger charge is 2.18. The predicted molar refractivity (Wildman–Crippen MR) is 67.4 cm³/mol. The average molecular weight is 226 g/mol. The lowest BCUT2D eigenvalue weighted by Gasteiger charge is -2.18. The van der Waals surface area contributed by atoms with Crippen LogP contribution in [-0.4, -0.2) is 36.5 Å². The van der Waals surface area contributed by atoms with E-state index in [-0.39, 0.29) is 0 Å². The normalized spacial score (nSPS) is 18.1. The van der Waals surface area contributed by atoms with Crippen molar-refractivity contribution in [3.63, 3.8) is 0 Å². The molecule has 1 N–H and O–H groups in total. The standard InChI is InChI=1S/C13H26N2O/c1-3-7-12(4-2)14-9-6-11-15-10-5-8-13(15)16/h12,14H,3-11H2,1-2H3. The van der Waals surface area contributed by atoms with E-state index in [9.17, 15) is 4.79 Å². The van der Waals surface area contributed by atoms with Crippen molar-refractivity contribution in [2.75, 3.05) is 19.6 Å². The number of likely N-dealkylation sites (tertiary alicyclic amines) is 1. The SMILES string of the molecule is CCCC(CC)NCCCN1CCCC1=O. The molecule has 1 unspecified atom stereocenters. The molecule has 1 heterocycles. The van der Waals surface area contributed by atoms with Crippen molar-refractivity contribution in [2.24, 2.45) is 0 Å². The Morgan fingerprint density at radius 2 is 2.25 bits per heavy atom. The lowest BCUT2D eigenvalue weighted by atomic mass is 10.1. The van der Waals surface area contributed by atoms with E-state index in [4.69, 9.17) is 0 Å². The first-order valence-corrected chi connectivity index (χ1v) is 6.79. The molecule has 16 heavy (non-hydrogen) atoms. The molecule has 0 saturated carbocycles. The molecule has 0 bridgehead atoms. The van der Waals surface area contributed by atoms with E-state index < -0.39 is 0 Å². The van der Waals surface area contributed by atoms with Gasteiger partial charge < -0.3 is 10.2 Å². The lowest BCUT2D eigenvalue weighted by molar-refractivity contribution is -0.127. The van der Waals surface area contributed by atoms with E-state index in [2.05, 4.69) is 19.2 Å². The molecule has 0 spiro atoms. The van der Waals surface area contributed by atoms with Crippen molar-refractivity contribution in [1.82, 2.24) is 10.2 Å². The molecule has 1 fully saturated rings. The maximum absolute atomic E-state index is 11.4. The number of rotatable bonds is 8. The predicted octanol–water partition coefficient (Wildman–Crippen LogP) is 2.17.